The van der Waals surface area contributed by atoms with Gasteiger partial charge in [-0.05, 0) is 31.7 Å². The lowest BCUT2D eigenvalue weighted by Gasteiger charge is -2.19. The Morgan fingerprint density at radius 3 is 2.86 bits per heavy atom. The molecule has 1 amide bonds. The first kappa shape index (κ1) is 14.6. The van der Waals surface area contributed by atoms with Gasteiger partial charge in [0.2, 0.25) is 5.91 Å². The van der Waals surface area contributed by atoms with Crippen LogP contribution in [0.2, 0.25) is 0 Å². The summed E-state index contributed by atoms with van der Waals surface area (Å²) in [4.78, 5) is 20.0. The molecule has 1 aliphatic carbocycles. The summed E-state index contributed by atoms with van der Waals surface area (Å²) in [6.45, 7) is 1.96. The van der Waals surface area contributed by atoms with Gasteiger partial charge in [0.05, 0.1) is 17.9 Å². The lowest BCUT2D eigenvalue weighted by atomic mass is 9.93. The fourth-order valence-electron chi connectivity index (χ4n) is 2.75. The first-order valence-electron chi connectivity index (χ1n) is 7.79. The van der Waals surface area contributed by atoms with Crippen molar-refractivity contribution in [3.63, 3.8) is 0 Å². The fraction of sp³-hybridized carbons (Fsp3) is 0.333. The van der Waals surface area contributed by atoms with Crippen LogP contribution >= 0.6 is 0 Å². The van der Waals surface area contributed by atoms with Gasteiger partial charge in [0.25, 0.3) is 0 Å². The van der Waals surface area contributed by atoms with Crippen LogP contribution in [0.5, 0.6) is 0 Å². The van der Waals surface area contributed by atoms with E-state index >= 15 is 0 Å². The molecule has 2 atom stereocenters. The molecule has 22 heavy (non-hydrogen) atoms. The molecule has 1 aliphatic rings. The van der Waals surface area contributed by atoms with E-state index in [1.807, 2.05) is 43.5 Å². The molecular weight excluding hydrogens is 274 g/mol. The molecule has 1 heterocycles. The topological polar surface area (TPSA) is 57.8 Å². The van der Waals surface area contributed by atoms with Crippen LogP contribution in [-0.2, 0) is 4.79 Å². The van der Waals surface area contributed by atoms with Crippen LogP contribution in [0.15, 0.2) is 48.7 Å². The summed E-state index contributed by atoms with van der Waals surface area (Å²) in [5.41, 5.74) is 2.06. The Hall–Kier alpha value is -2.36. The summed E-state index contributed by atoms with van der Waals surface area (Å²) in [5, 5.41) is 3.06. The molecule has 2 aromatic rings. The Labute approximate surface area is 130 Å². The second kappa shape index (κ2) is 6.60. The summed E-state index contributed by atoms with van der Waals surface area (Å²) in [5.74, 6) is 1.00. The largest absolute Gasteiger partial charge is 0.346 e. The predicted octanol–water partition coefficient (Wildman–Crippen LogP) is 3.61. The monoisotopic (exact) mass is 295 g/mol. The maximum atomic E-state index is 12.3. The normalized spacial score (nSPS) is 18.9. The number of amides is 1. The third-order valence-electron chi connectivity index (χ3n) is 4.09. The highest BCUT2D eigenvalue weighted by molar-refractivity contribution is 5.79. The second-order valence-corrected chi connectivity index (χ2v) is 5.76. The molecule has 2 N–H and O–H groups in total. The lowest BCUT2D eigenvalue weighted by Crippen LogP contribution is -2.33. The van der Waals surface area contributed by atoms with Crippen LogP contribution in [0.3, 0.4) is 0 Å². The van der Waals surface area contributed by atoms with Gasteiger partial charge in [0, 0.05) is 5.92 Å². The van der Waals surface area contributed by atoms with E-state index in [2.05, 4.69) is 27.4 Å². The zero-order valence-electron chi connectivity index (χ0n) is 12.8. The highest BCUT2D eigenvalue weighted by atomic mass is 16.1. The number of H-pyrrole nitrogens is 1. The van der Waals surface area contributed by atoms with Gasteiger partial charge in [0.15, 0.2) is 0 Å². The maximum Gasteiger partial charge on any atom is 0.224 e. The molecule has 4 nitrogen and oxygen atoms in total. The van der Waals surface area contributed by atoms with Gasteiger partial charge >= 0.3 is 0 Å². The van der Waals surface area contributed by atoms with Crippen LogP contribution in [0, 0.1) is 5.92 Å². The van der Waals surface area contributed by atoms with Gasteiger partial charge in [0.1, 0.15) is 5.82 Å². The number of rotatable bonds is 4. The van der Waals surface area contributed by atoms with Crippen molar-refractivity contribution in [3.8, 4) is 11.3 Å². The van der Waals surface area contributed by atoms with E-state index < -0.39 is 0 Å². The minimum Gasteiger partial charge on any atom is -0.346 e. The van der Waals surface area contributed by atoms with Gasteiger partial charge in [-0.1, -0.05) is 42.5 Å². The number of aromatic amines is 1. The summed E-state index contributed by atoms with van der Waals surface area (Å²) in [6.07, 6.45) is 8.82. The number of carbonyl (C=O) groups excluding carboxylic acids is 1. The Bertz CT molecular complexity index is 660. The first-order valence-corrected chi connectivity index (χ1v) is 7.79. The van der Waals surface area contributed by atoms with Crippen molar-refractivity contribution >= 4 is 5.91 Å². The number of hydrogen-bond donors (Lipinski definition) is 2. The standard InChI is InChI=1S/C18H21N3O/c1-13(20-18(22)15-10-6-3-7-11-15)17-19-12-16(21-17)14-8-4-2-5-9-14/h2-6,8-9,12-13,15H,7,10-11H2,1H3,(H,19,21)(H,20,22)/t13-,15+/m0/s1. The molecule has 0 saturated heterocycles. The molecule has 0 fully saturated rings. The highest BCUT2D eigenvalue weighted by Crippen LogP contribution is 2.21. The average Bonchev–Trinajstić information content (AvgIpc) is 3.06. The van der Waals surface area contributed by atoms with Gasteiger partial charge in [-0.2, -0.15) is 0 Å². The Balaban J connectivity index is 1.65. The zero-order chi connectivity index (χ0) is 15.4. The second-order valence-electron chi connectivity index (χ2n) is 5.76. The number of nitrogens with one attached hydrogen (secondary N) is 2. The third kappa shape index (κ3) is 3.27. The van der Waals surface area contributed by atoms with Crippen molar-refractivity contribution < 1.29 is 4.79 Å². The van der Waals surface area contributed by atoms with Gasteiger partial charge in [-0.15, -0.1) is 0 Å². The van der Waals surface area contributed by atoms with Crippen LogP contribution < -0.4 is 5.32 Å². The molecule has 0 unspecified atom stereocenters. The van der Waals surface area contributed by atoms with Crippen molar-refractivity contribution in [3.05, 3.63) is 54.5 Å². The molecular formula is C18H21N3O. The summed E-state index contributed by atoms with van der Waals surface area (Å²) in [6, 6.07) is 9.94. The molecule has 114 valence electrons. The molecule has 0 spiro atoms. The van der Waals surface area contributed by atoms with Crippen LogP contribution in [-0.4, -0.2) is 15.9 Å². The van der Waals surface area contributed by atoms with Crippen molar-refractivity contribution in [2.75, 3.05) is 0 Å². The summed E-state index contributed by atoms with van der Waals surface area (Å²) < 4.78 is 0. The van der Waals surface area contributed by atoms with E-state index in [9.17, 15) is 4.79 Å². The van der Waals surface area contributed by atoms with Crippen LogP contribution in [0.4, 0.5) is 0 Å². The number of hydrogen-bond acceptors (Lipinski definition) is 2. The molecule has 1 aromatic carbocycles. The van der Waals surface area contributed by atoms with E-state index in [4.69, 9.17) is 0 Å². The fourth-order valence-corrected chi connectivity index (χ4v) is 2.75. The Morgan fingerprint density at radius 1 is 1.32 bits per heavy atom. The lowest BCUT2D eigenvalue weighted by molar-refractivity contribution is -0.125. The van der Waals surface area contributed by atoms with E-state index in [1.54, 1.807) is 0 Å². The molecule has 3 rings (SSSR count). The van der Waals surface area contributed by atoms with Crippen LogP contribution in [0.1, 0.15) is 38.1 Å². The van der Waals surface area contributed by atoms with Gasteiger partial charge < -0.3 is 10.3 Å². The number of aromatic nitrogens is 2. The average molecular weight is 295 g/mol. The summed E-state index contributed by atoms with van der Waals surface area (Å²) >= 11 is 0. The molecule has 1 aromatic heterocycles. The predicted molar refractivity (Wildman–Crippen MR) is 87.1 cm³/mol. The number of carbonyl (C=O) groups is 1. The zero-order valence-corrected chi connectivity index (χ0v) is 12.8. The smallest absolute Gasteiger partial charge is 0.224 e. The molecule has 0 aliphatic heterocycles. The molecule has 4 heteroatoms. The third-order valence-corrected chi connectivity index (χ3v) is 4.09. The van der Waals surface area contributed by atoms with E-state index in [0.717, 1.165) is 36.3 Å². The SMILES string of the molecule is C[C@H](NC(=O)[C@@H]1CC=CCC1)c1ncc(-c2ccccc2)[nH]1. The minimum atomic E-state index is -0.115. The quantitative estimate of drug-likeness (QED) is 0.847. The number of nitrogens with zero attached hydrogens (tertiary/aromatic N) is 1. The van der Waals surface area contributed by atoms with Gasteiger partial charge in [-0.25, -0.2) is 4.98 Å². The van der Waals surface area contributed by atoms with Crippen molar-refractivity contribution in [2.45, 2.75) is 32.2 Å². The maximum absolute atomic E-state index is 12.3. The minimum absolute atomic E-state index is 0.0935. The molecule has 0 radical (unpaired) electrons. The molecule has 0 bridgehead atoms. The number of allylic oxidation sites excluding steroid dienone is 2. The number of benzene rings is 1. The Kier molecular flexibility index (Phi) is 4.37. The highest BCUT2D eigenvalue weighted by Gasteiger charge is 2.21. The van der Waals surface area contributed by atoms with Crippen molar-refractivity contribution in [2.24, 2.45) is 5.92 Å². The van der Waals surface area contributed by atoms with Crippen molar-refractivity contribution in [1.82, 2.24) is 15.3 Å². The van der Waals surface area contributed by atoms with Crippen LogP contribution in [0.25, 0.3) is 11.3 Å². The van der Waals surface area contributed by atoms with Crippen molar-refractivity contribution in [1.29, 1.82) is 0 Å². The van der Waals surface area contributed by atoms with Gasteiger partial charge in [-0.3, -0.25) is 4.79 Å². The van der Waals surface area contributed by atoms with E-state index in [-0.39, 0.29) is 17.9 Å². The molecule has 0 saturated carbocycles. The first-order chi connectivity index (χ1) is 10.7. The van der Waals surface area contributed by atoms with E-state index in [0.29, 0.717) is 0 Å². The number of imidazole rings is 1. The Morgan fingerprint density at radius 2 is 2.14 bits per heavy atom. The van der Waals surface area contributed by atoms with E-state index in [1.165, 1.54) is 0 Å². The summed E-state index contributed by atoms with van der Waals surface area (Å²) in [7, 11) is 0.